The maximum absolute atomic E-state index is 12.0. The van der Waals surface area contributed by atoms with Gasteiger partial charge in [-0.1, -0.05) is 0 Å². The highest BCUT2D eigenvalue weighted by atomic mass is 79.9. The molecule has 1 rings (SSSR count). The van der Waals surface area contributed by atoms with E-state index in [-0.39, 0.29) is 0 Å². The first kappa shape index (κ1) is 16.1. The molecule has 0 heterocycles. The van der Waals surface area contributed by atoms with E-state index in [1.165, 1.54) is 14.0 Å². The number of halogens is 2. The van der Waals surface area contributed by atoms with E-state index in [1.54, 1.807) is 18.2 Å². The molecule has 0 spiro atoms. The fourth-order valence-electron chi connectivity index (χ4n) is 1.37. The highest BCUT2D eigenvalue weighted by Gasteiger charge is 2.26. The summed E-state index contributed by atoms with van der Waals surface area (Å²) in [4.78, 5) is 23.4. The summed E-state index contributed by atoms with van der Waals surface area (Å²) in [7, 11) is 1.19. The molecule has 2 atom stereocenters. The molecule has 1 aromatic carbocycles. The van der Waals surface area contributed by atoms with Crippen LogP contribution in [0.1, 0.15) is 17.3 Å². The van der Waals surface area contributed by atoms with Crippen LogP contribution in [0.5, 0.6) is 0 Å². The van der Waals surface area contributed by atoms with Crippen LogP contribution in [-0.4, -0.2) is 36.2 Å². The van der Waals surface area contributed by atoms with Gasteiger partial charge in [-0.25, -0.2) is 4.79 Å². The summed E-state index contributed by atoms with van der Waals surface area (Å²) in [5.41, 5.74) is 0.365. The lowest BCUT2D eigenvalue weighted by Gasteiger charge is -2.19. The maximum Gasteiger partial charge on any atom is 0.331 e. The SMILES string of the molecule is COC(=O)[C@@H](NC(=O)c1ccc(Br)c(Br)c1)[C@@H](C)O. The van der Waals surface area contributed by atoms with Crippen molar-refractivity contribution in [1.29, 1.82) is 0 Å². The predicted octanol–water partition coefficient (Wildman–Crippen LogP) is 1.86. The molecule has 0 radical (unpaired) electrons. The molecule has 0 aliphatic rings. The second-order valence-corrected chi connectivity index (χ2v) is 5.55. The number of carbonyl (C=O) groups is 2. The van der Waals surface area contributed by atoms with Crippen molar-refractivity contribution in [3.63, 3.8) is 0 Å². The van der Waals surface area contributed by atoms with E-state index in [9.17, 15) is 14.7 Å². The van der Waals surface area contributed by atoms with Gasteiger partial charge in [0.05, 0.1) is 13.2 Å². The third-order valence-corrected chi connectivity index (χ3v) is 4.29. The highest BCUT2D eigenvalue weighted by molar-refractivity contribution is 9.13. The molecular formula is C12H13Br2NO4. The molecule has 104 valence electrons. The number of nitrogens with one attached hydrogen (secondary N) is 1. The van der Waals surface area contributed by atoms with Gasteiger partial charge in [0, 0.05) is 14.5 Å². The number of aliphatic hydroxyl groups excluding tert-OH is 1. The smallest absolute Gasteiger partial charge is 0.331 e. The predicted molar refractivity (Wildman–Crippen MR) is 76.8 cm³/mol. The number of carbonyl (C=O) groups excluding carboxylic acids is 2. The van der Waals surface area contributed by atoms with Crippen LogP contribution in [-0.2, 0) is 9.53 Å². The molecule has 1 amide bonds. The minimum atomic E-state index is -1.10. The largest absolute Gasteiger partial charge is 0.467 e. The Balaban J connectivity index is 2.87. The zero-order valence-electron chi connectivity index (χ0n) is 10.3. The third-order valence-electron chi connectivity index (χ3n) is 2.41. The molecule has 0 saturated heterocycles. The van der Waals surface area contributed by atoms with Crippen LogP contribution in [0.4, 0.5) is 0 Å². The molecule has 7 heteroatoms. The Morgan fingerprint density at radius 1 is 1.32 bits per heavy atom. The molecular weight excluding hydrogens is 382 g/mol. The number of benzene rings is 1. The molecule has 0 aliphatic carbocycles. The van der Waals surface area contributed by atoms with E-state index in [4.69, 9.17) is 0 Å². The van der Waals surface area contributed by atoms with Gasteiger partial charge in [0.25, 0.3) is 5.91 Å². The Hall–Kier alpha value is -0.920. The Kier molecular flexibility index (Phi) is 5.96. The van der Waals surface area contributed by atoms with Gasteiger partial charge in [-0.15, -0.1) is 0 Å². The average Bonchev–Trinajstić information content (AvgIpc) is 2.37. The van der Waals surface area contributed by atoms with Crippen molar-refractivity contribution in [2.75, 3.05) is 7.11 Å². The van der Waals surface area contributed by atoms with Gasteiger partial charge in [-0.3, -0.25) is 4.79 Å². The number of hydrogen-bond donors (Lipinski definition) is 2. The number of esters is 1. The van der Waals surface area contributed by atoms with Crippen LogP contribution < -0.4 is 5.32 Å². The Bertz CT molecular complexity index is 491. The highest BCUT2D eigenvalue weighted by Crippen LogP contribution is 2.23. The van der Waals surface area contributed by atoms with Gasteiger partial charge in [-0.2, -0.15) is 0 Å². The van der Waals surface area contributed by atoms with Crippen molar-refractivity contribution in [3.8, 4) is 0 Å². The van der Waals surface area contributed by atoms with E-state index in [1.807, 2.05) is 0 Å². The summed E-state index contributed by atoms with van der Waals surface area (Å²) >= 11 is 6.58. The van der Waals surface area contributed by atoms with Gasteiger partial charge in [0.1, 0.15) is 0 Å². The van der Waals surface area contributed by atoms with E-state index in [0.717, 1.165) is 4.47 Å². The van der Waals surface area contributed by atoms with E-state index in [2.05, 4.69) is 41.9 Å². The lowest BCUT2D eigenvalue weighted by molar-refractivity contribution is -0.145. The second kappa shape index (κ2) is 7.02. The lowest BCUT2D eigenvalue weighted by Crippen LogP contribution is -2.48. The molecule has 0 aromatic heterocycles. The number of rotatable bonds is 4. The molecule has 0 saturated carbocycles. The standard InChI is InChI=1S/C12H13Br2NO4/c1-6(16)10(12(18)19-2)15-11(17)7-3-4-8(13)9(14)5-7/h3-6,10,16H,1-2H3,(H,15,17)/t6-,10+/m1/s1. The molecule has 19 heavy (non-hydrogen) atoms. The van der Waals surface area contributed by atoms with Gasteiger partial charge < -0.3 is 15.2 Å². The number of ether oxygens (including phenoxy) is 1. The number of aliphatic hydroxyl groups is 1. The molecule has 0 bridgehead atoms. The zero-order chi connectivity index (χ0) is 14.6. The third kappa shape index (κ3) is 4.29. The van der Waals surface area contributed by atoms with Gasteiger partial charge >= 0.3 is 5.97 Å². The van der Waals surface area contributed by atoms with E-state index >= 15 is 0 Å². The fraction of sp³-hybridized carbons (Fsp3) is 0.333. The average molecular weight is 395 g/mol. The van der Waals surface area contributed by atoms with Gasteiger partial charge in [0.15, 0.2) is 6.04 Å². The van der Waals surface area contributed by atoms with Gasteiger partial charge in [0.2, 0.25) is 0 Å². The molecule has 1 aromatic rings. The summed E-state index contributed by atoms with van der Waals surface area (Å²) in [6, 6.07) is 3.81. The molecule has 0 aliphatic heterocycles. The normalized spacial score (nSPS) is 13.5. The first-order chi connectivity index (χ1) is 8.86. The van der Waals surface area contributed by atoms with Crippen molar-refractivity contribution in [1.82, 2.24) is 5.32 Å². The van der Waals surface area contributed by atoms with Crippen molar-refractivity contribution in [2.45, 2.75) is 19.1 Å². The van der Waals surface area contributed by atoms with Gasteiger partial charge in [-0.05, 0) is 57.0 Å². The van der Waals surface area contributed by atoms with E-state index < -0.39 is 24.0 Å². The van der Waals surface area contributed by atoms with E-state index in [0.29, 0.717) is 10.0 Å². The minimum Gasteiger partial charge on any atom is -0.467 e. The van der Waals surface area contributed by atoms with Crippen molar-refractivity contribution >= 4 is 43.7 Å². The first-order valence-electron chi connectivity index (χ1n) is 5.38. The number of amides is 1. The Morgan fingerprint density at radius 2 is 1.95 bits per heavy atom. The first-order valence-corrected chi connectivity index (χ1v) is 6.97. The Labute approximate surface area is 127 Å². The van der Waals surface area contributed by atoms with Crippen molar-refractivity contribution in [2.24, 2.45) is 0 Å². The quantitative estimate of drug-likeness (QED) is 0.764. The topological polar surface area (TPSA) is 75.6 Å². The molecule has 5 nitrogen and oxygen atoms in total. The van der Waals surface area contributed by atoms with Crippen LogP contribution in [0.25, 0.3) is 0 Å². The molecule has 2 N–H and O–H groups in total. The summed E-state index contributed by atoms with van der Waals surface area (Å²) in [6.07, 6.45) is -1.05. The fourth-order valence-corrected chi connectivity index (χ4v) is 1.99. The minimum absolute atomic E-state index is 0.365. The van der Waals surface area contributed by atoms with Crippen LogP contribution in [0.3, 0.4) is 0 Å². The summed E-state index contributed by atoms with van der Waals surface area (Å²) < 4.78 is 6.05. The summed E-state index contributed by atoms with van der Waals surface area (Å²) in [5.74, 6) is -1.16. The van der Waals surface area contributed by atoms with Crippen LogP contribution >= 0.6 is 31.9 Å². The van der Waals surface area contributed by atoms with Crippen LogP contribution in [0.15, 0.2) is 27.1 Å². The van der Waals surface area contributed by atoms with Crippen molar-refractivity contribution < 1.29 is 19.4 Å². The lowest BCUT2D eigenvalue weighted by atomic mass is 10.1. The molecule has 0 unspecified atom stereocenters. The zero-order valence-corrected chi connectivity index (χ0v) is 13.5. The monoisotopic (exact) mass is 393 g/mol. The van der Waals surface area contributed by atoms with Crippen LogP contribution in [0.2, 0.25) is 0 Å². The summed E-state index contributed by atoms with van der Waals surface area (Å²) in [6.45, 7) is 1.40. The molecule has 0 fully saturated rings. The number of methoxy groups -OCH3 is 1. The maximum atomic E-state index is 12.0. The second-order valence-electron chi connectivity index (χ2n) is 3.84. The van der Waals surface area contributed by atoms with Crippen molar-refractivity contribution in [3.05, 3.63) is 32.7 Å². The number of hydrogen-bond acceptors (Lipinski definition) is 4. The van der Waals surface area contributed by atoms with Crippen LogP contribution in [0, 0.1) is 0 Å². The Morgan fingerprint density at radius 3 is 2.42 bits per heavy atom. The summed E-state index contributed by atoms with van der Waals surface area (Å²) in [5, 5.41) is 11.9.